The predicted octanol–water partition coefficient (Wildman–Crippen LogP) is 3.44. The first-order valence-electron chi connectivity index (χ1n) is 6.25. The Morgan fingerprint density at radius 1 is 1.29 bits per heavy atom. The maximum atomic E-state index is 6.03. The molecule has 0 spiro atoms. The van der Waals surface area contributed by atoms with Crippen LogP contribution < -0.4 is 5.73 Å². The maximum absolute atomic E-state index is 6.03. The molecule has 2 heteroatoms. The third-order valence-corrected chi connectivity index (χ3v) is 4.47. The van der Waals surface area contributed by atoms with Crippen molar-refractivity contribution in [1.82, 2.24) is 0 Å². The third-order valence-electron chi connectivity index (χ3n) is 4.47. The quantitative estimate of drug-likeness (QED) is 0.856. The molecule has 0 unspecified atom stereocenters. The van der Waals surface area contributed by atoms with Gasteiger partial charge in [0, 0.05) is 11.3 Å². The second-order valence-corrected chi connectivity index (χ2v) is 5.73. The van der Waals surface area contributed by atoms with Gasteiger partial charge in [-0.3, -0.25) is 0 Å². The predicted molar refractivity (Wildman–Crippen MR) is 70.0 cm³/mol. The van der Waals surface area contributed by atoms with Crippen molar-refractivity contribution in [3.63, 3.8) is 0 Å². The Labute approximate surface area is 102 Å². The minimum absolute atomic E-state index is 0.285. The minimum Gasteiger partial charge on any atom is -0.460 e. The lowest BCUT2D eigenvalue weighted by Gasteiger charge is -2.00. The molecule has 1 heterocycles. The highest BCUT2D eigenvalue weighted by Crippen LogP contribution is 2.64. The first-order valence-corrected chi connectivity index (χ1v) is 6.25. The van der Waals surface area contributed by atoms with Gasteiger partial charge in [-0.25, -0.2) is 0 Å². The molecule has 17 heavy (non-hydrogen) atoms. The van der Waals surface area contributed by atoms with Crippen LogP contribution in [0.5, 0.6) is 0 Å². The van der Waals surface area contributed by atoms with Crippen molar-refractivity contribution < 1.29 is 4.42 Å². The van der Waals surface area contributed by atoms with Crippen LogP contribution in [0, 0.1) is 18.3 Å². The summed E-state index contributed by atoms with van der Waals surface area (Å²) in [5.41, 5.74) is 8.41. The van der Waals surface area contributed by atoms with Crippen molar-refractivity contribution >= 4 is 11.0 Å². The average Bonchev–Trinajstić information content (AvgIpc) is 2.70. The van der Waals surface area contributed by atoms with Gasteiger partial charge in [-0.1, -0.05) is 32.0 Å². The molecular formula is C15H19NO. The van der Waals surface area contributed by atoms with Crippen LogP contribution in [0.15, 0.2) is 28.7 Å². The Bertz CT molecular complexity index is 567. The van der Waals surface area contributed by atoms with Gasteiger partial charge in [-0.15, -0.1) is 0 Å². The summed E-state index contributed by atoms with van der Waals surface area (Å²) >= 11 is 0. The first-order chi connectivity index (χ1) is 8.07. The highest BCUT2D eigenvalue weighted by atomic mass is 16.3. The maximum Gasteiger partial charge on any atom is 0.134 e. The zero-order valence-electron chi connectivity index (χ0n) is 10.7. The van der Waals surface area contributed by atoms with Crippen LogP contribution in [0.25, 0.3) is 11.0 Å². The molecule has 0 radical (unpaired) electrons. The van der Waals surface area contributed by atoms with Gasteiger partial charge >= 0.3 is 0 Å². The van der Waals surface area contributed by atoms with Gasteiger partial charge in [0.2, 0.25) is 0 Å². The number of rotatable bonds is 2. The summed E-state index contributed by atoms with van der Waals surface area (Å²) in [7, 11) is 0. The van der Waals surface area contributed by atoms with Crippen molar-refractivity contribution in [3.05, 3.63) is 35.6 Å². The topological polar surface area (TPSA) is 39.2 Å². The van der Waals surface area contributed by atoms with Crippen LogP contribution in [0.1, 0.15) is 31.1 Å². The largest absolute Gasteiger partial charge is 0.460 e. The summed E-state index contributed by atoms with van der Waals surface area (Å²) < 4.78 is 6.03. The molecule has 1 fully saturated rings. The smallest absolute Gasteiger partial charge is 0.134 e. The number of aryl methyl sites for hydroxylation is 1. The fourth-order valence-electron chi connectivity index (χ4n) is 3.19. The molecule has 0 bridgehead atoms. The van der Waals surface area contributed by atoms with E-state index in [9.17, 15) is 0 Å². The molecule has 0 saturated heterocycles. The monoisotopic (exact) mass is 229 g/mol. The summed E-state index contributed by atoms with van der Waals surface area (Å²) in [6.45, 7) is 7.46. The van der Waals surface area contributed by atoms with E-state index < -0.39 is 0 Å². The van der Waals surface area contributed by atoms with Crippen LogP contribution in [-0.2, 0) is 0 Å². The third kappa shape index (κ3) is 1.37. The van der Waals surface area contributed by atoms with E-state index in [0.29, 0.717) is 11.8 Å². The van der Waals surface area contributed by atoms with Gasteiger partial charge in [0.25, 0.3) is 0 Å². The van der Waals surface area contributed by atoms with Crippen molar-refractivity contribution in [2.24, 2.45) is 17.1 Å². The number of benzene rings is 1. The Morgan fingerprint density at radius 3 is 2.59 bits per heavy atom. The molecule has 1 aromatic heterocycles. The number of fused-ring (bicyclic) bond motifs is 1. The van der Waals surface area contributed by atoms with E-state index in [-0.39, 0.29) is 5.41 Å². The van der Waals surface area contributed by atoms with Gasteiger partial charge < -0.3 is 10.2 Å². The Morgan fingerprint density at radius 2 is 2.00 bits per heavy atom. The van der Waals surface area contributed by atoms with Crippen molar-refractivity contribution in [3.8, 4) is 0 Å². The van der Waals surface area contributed by atoms with Crippen molar-refractivity contribution in [2.75, 3.05) is 6.54 Å². The van der Waals surface area contributed by atoms with E-state index in [0.717, 1.165) is 17.9 Å². The number of furan rings is 1. The van der Waals surface area contributed by atoms with E-state index in [4.69, 9.17) is 10.2 Å². The van der Waals surface area contributed by atoms with Crippen LogP contribution in [0.3, 0.4) is 0 Å². The number of hydrogen-bond acceptors (Lipinski definition) is 2. The molecule has 1 saturated carbocycles. The molecule has 1 aliphatic carbocycles. The van der Waals surface area contributed by atoms with Gasteiger partial charge in [-0.2, -0.15) is 0 Å². The average molecular weight is 229 g/mol. The van der Waals surface area contributed by atoms with Gasteiger partial charge in [0.05, 0.1) is 0 Å². The van der Waals surface area contributed by atoms with E-state index in [1.165, 1.54) is 10.9 Å². The lowest BCUT2D eigenvalue weighted by molar-refractivity contribution is 0.505. The summed E-state index contributed by atoms with van der Waals surface area (Å²) in [6, 6.07) is 8.25. The summed E-state index contributed by atoms with van der Waals surface area (Å²) in [4.78, 5) is 0. The number of para-hydroxylation sites is 1. The molecule has 1 aromatic carbocycles. The lowest BCUT2D eigenvalue weighted by Crippen LogP contribution is -2.05. The first kappa shape index (κ1) is 10.8. The Balaban J connectivity index is 2.11. The van der Waals surface area contributed by atoms with Crippen molar-refractivity contribution in [2.45, 2.75) is 26.7 Å². The molecule has 0 aliphatic heterocycles. The Kier molecular flexibility index (Phi) is 2.14. The normalized spacial score (nSPS) is 26.4. The van der Waals surface area contributed by atoms with E-state index in [1.807, 2.05) is 12.1 Å². The van der Waals surface area contributed by atoms with Gasteiger partial charge in [0.15, 0.2) is 0 Å². The Hall–Kier alpha value is -1.28. The van der Waals surface area contributed by atoms with Gasteiger partial charge in [-0.05, 0) is 36.4 Å². The second-order valence-electron chi connectivity index (χ2n) is 5.73. The van der Waals surface area contributed by atoms with Crippen LogP contribution >= 0.6 is 0 Å². The zero-order chi connectivity index (χ0) is 12.2. The molecule has 2 nitrogen and oxygen atoms in total. The molecule has 0 amide bonds. The summed E-state index contributed by atoms with van der Waals surface area (Å²) in [6.07, 6.45) is 0. The van der Waals surface area contributed by atoms with Crippen LogP contribution in [0.4, 0.5) is 0 Å². The molecule has 90 valence electrons. The number of hydrogen-bond donors (Lipinski definition) is 1. The fourth-order valence-corrected chi connectivity index (χ4v) is 3.19. The van der Waals surface area contributed by atoms with E-state index in [2.05, 4.69) is 32.9 Å². The molecule has 1 aliphatic rings. The molecule has 2 atom stereocenters. The van der Waals surface area contributed by atoms with Crippen LogP contribution in [0.2, 0.25) is 0 Å². The summed E-state index contributed by atoms with van der Waals surface area (Å²) in [5.74, 6) is 2.19. The standard InChI is InChI=1S/C15H19NO/c1-9-10-6-4-5-7-12(10)17-14(9)13-11(8-16)15(13,2)3/h4-7,11,13H,8,16H2,1-3H3/t11-,13+/m0/s1. The number of nitrogens with two attached hydrogens (primary N) is 1. The minimum atomic E-state index is 0.285. The SMILES string of the molecule is Cc1c([C@H]2[C@H](CN)C2(C)C)oc2ccccc12. The highest BCUT2D eigenvalue weighted by molar-refractivity contribution is 5.82. The second kappa shape index (κ2) is 3.36. The molecule has 2 N–H and O–H groups in total. The van der Waals surface area contributed by atoms with Crippen LogP contribution in [-0.4, -0.2) is 6.54 Å². The molecule has 3 rings (SSSR count). The molecular weight excluding hydrogens is 210 g/mol. The van der Waals surface area contributed by atoms with E-state index in [1.54, 1.807) is 0 Å². The van der Waals surface area contributed by atoms with Crippen molar-refractivity contribution in [1.29, 1.82) is 0 Å². The molecule has 2 aromatic rings. The zero-order valence-corrected chi connectivity index (χ0v) is 10.7. The highest BCUT2D eigenvalue weighted by Gasteiger charge is 2.59. The summed E-state index contributed by atoms with van der Waals surface area (Å²) in [5, 5.41) is 1.24. The lowest BCUT2D eigenvalue weighted by atomic mass is 10.0. The fraction of sp³-hybridized carbons (Fsp3) is 0.467. The van der Waals surface area contributed by atoms with E-state index >= 15 is 0 Å². The van der Waals surface area contributed by atoms with Gasteiger partial charge in [0.1, 0.15) is 11.3 Å².